The fourth-order valence-corrected chi connectivity index (χ4v) is 1.50. The van der Waals surface area contributed by atoms with Crippen LogP contribution in [0.4, 0.5) is 0 Å². The molecule has 0 aliphatic heterocycles. The number of phenols is 1. The Morgan fingerprint density at radius 1 is 1.06 bits per heavy atom. The number of esters is 1. The molecule has 0 bridgehead atoms. The standard InChI is InChI=1S/C14H12O4/c1-17-12-9-5-8-11(13(12)15)14(16)18-10-6-3-2-4-7-10/h2-9,15H,1H3. The quantitative estimate of drug-likeness (QED) is 0.666. The van der Waals surface area contributed by atoms with E-state index < -0.39 is 5.97 Å². The molecule has 0 fully saturated rings. The van der Waals surface area contributed by atoms with Crippen molar-refractivity contribution < 1.29 is 19.4 Å². The molecule has 2 aromatic rings. The SMILES string of the molecule is COc1cccc(C(=O)Oc2ccccc2)c1O. The summed E-state index contributed by atoms with van der Waals surface area (Å²) >= 11 is 0. The number of aromatic hydroxyl groups is 1. The van der Waals surface area contributed by atoms with Crippen molar-refractivity contribution in [2.24, 2.45) is 0 Å². The van der Waals surface area contributed by atoms with E-state index in [1.807, 2.05) is 6.07 Å². The molecule has 92 valence electrons. The van der Waals surface area contributed by atoms with Crippen LogP contribution in [0.5, 0.6) is 17.2 Å². The summed E-state index contributed by atoms with van der Waals surface area (Å²) < 4.78 is 10.1. The van der Waals surface area contributed by atoms with Crippen LogP contribution in [0.3, 0.4) is 0 Å². The highest BCUT2D eigenvalue weighted by Crippen LogP contribution is 2.30. The second kappa shape index (κ2) is 5.23. The van der Waals surface area contributed by atoms with Crippen molar-refractivity contribution in [3.63, 3.8) is 0 Å². The van der Waals surface area contributed by atoms with Crippen LogP contribution in [0.15, 0.2) is 48.5 Å². The number of hydrogen-bond donors (Lipinski definition) is 1. The fourth-order valence-electron chi connectivity index (χ4n) is 1.50. The first kappa shape index (κ1) is 12.0. The first-order valence-corrected chi connectivity index (χ1v) is 5.35. The molecule has 2 rings (SSSR count). The third-order valence-corrected chi connectivity index (χ3v) is 2.39. The molecule has 0 heterocycles. The number of ether oxygens (including phenoxy) is 2. The highest BCUT2D eigenvalue weighted by Gasteiger charge is 2.16. The van der Waals surface area contributed by atoms with Gasteiger partial charge in [0.05, 0.1) is 7.11 Å². The average Bonchev–Trinajstić information content (AvgIpc) is 2.40. The Kier molecular flexibility index (Phi) is 3.48. The predicted molar refractivity (Wildman–Crippen MR) is 66.1 cm³/mol. The van der Waals surface area contributed by atoms with E-state index in [9.17, 15) is 9.90 Å². The van der Waals surface area contributed by atoms with Crippen LogP contribution in [0.25, 0.3) is 0 Å². The lowest BCUT2D eigenvalue weighted by Crippen LogP contribution is -2.08. The monoisotopic (exact) mass is 244 g/mol. The molecule has 0 radical (unpaired) electrons. The van der Waals surface area contributed by atoms with Gasteiger partial charge < -0.3 is 14.6 Å². The molecule has 18 heavy (non-hydrogen) atoms. The van der Waals surface area contributed by atoms with Crippen LogP contribution in [-0.2, 0) is 0 Å². The minimum absolute atomic E-state index is 0.0678. The maximum atomic E-state index is 11.9. The summed E-state index contributed by atoms with van der Waals surface area (Å²) in [6, 6.07) is 13.3. The van der Waals surface area contributed by atoms with Crippen LogP contribution < -0.4 is 9.47 Å². The van der Waals surface area contributed by atoms with Crippen molar-refractivity contribution >= 4 is 5.97 Å². The van der Waals surface area contributed by atoms with Crippen molar-refractivity contribution in [2.75, 3.05) is 7.11 Å². The molecule has 2 aromatic carbocycles. The van der Waals surface area contributed by atoms with Gasteiger partial charge in [0.1, 0.15) is 11.3 Å². The molecule has 0 aliphatic carbocycles. The number of carbonyl (C=O) groups is 1. The lowest BCUT2D eigenvalue weighted by atomic mass is 10.2. The zero-order valence-corrected chi connectivity index (χ0v) is 9.79. The molecule has 0 spiro atoms. The van der Waals surface area contributed by atoms with Gasteiger partial charge >= 0.3 is 5.97 Å². The van der Waals surface area contributed by atoms with Gasteiger partial charge in [0.25, 0.3) is 0 Å². The molecule has 4 nitrogen and oxygen atoms in total. The maximum absolute atomic E-state index is 11.9. The van der Waals surface area contributed by atoms with E-state index in [1.54, 1.807) is 36.4 Å². The van der Waals surface area contributed by atoms with Gasteiger partial charge in [-0.05, 0) is 24.3 Å². The van der Waals surface area contributed by atoms with E-state index in [4.69, 9.17) is 9.47 Å². The first-order chi connectivity index (χ1) is 8.72. The van der Waals surface area contributed by atoms with E-state index in [2.05, 4.69) is 0 Å². The van der Waals surface area contributed by atoms with E-state index >= 15 is 0 Å². The van der Waals surface area contributed by atoms with Crippen LogP contribution in [0.1, 0.15) is 10.4 Å². The molecule has 0 atom stereocenters. The second-order valence-electron chi connectivity index (χ2n) is 3.56. The summed E-state index contributed by atoms with van der Waals surface area (Å²) in [5.74, 6) is -0.194. The van der Waals surface area contributed by atoms with Crippen molar-refractivity contribution in [1.82, 2.24) is 0 Å². The molecule has 0 unspecified atom stereocenters. The number of benzene rings is 2. The number of phenolic OH excluding ortho intramolecular Hbond substituents is 1. The molecule has 0 aliphatic rings. The second-order valence-corrected chi connectivity index (χ2v) is 3.56. The Hall–Kier alpha value is -2.49. The predicted octanol–water partition coefficient (Wildman–Crippen LogP) is 2.62. The highest BCUT2D eigenvalue weighted by atomic mass is 16.5. The number of hydrogen-bond acceptors (Lipinski definition) is 4. The van der Waals surface area contributed by atoms with Crippen molar-refractivity contribution in [3.8, 4) is 17.2 Å². The van der Waals surface area contributed by atoms with Gasteiger partial charge in [-0.25, -0.2) is 4.79 Å². The van der Waals surface area contributed by atoms with Gasteiger partial charge in [-0.2, -0.15) is 0 Å². The molecule has 0 aromatic heterocycles. The number of rotatable bonds is 3. The highest BCUT2D eigenvalue weighted by molar-refractivity contribution is 5.94. The summed E-state index contributed by atoms with van der Waals surface area (Å²) in [6.07, 6.45) is 0. The number of methoxy groups -OCH3 is 1. The third kappa shape index (κ3) is 2.43. The third-order valence-electron chi connectivity index (χ3n) is 2.39. The summed E-state index contributed by atoms with van der Waals surface area (Å²) in [5.41, 5.74) is 0.0678. The minimum atomic E-state index is -0.627. The lowest BCUT2D eigenvalue weighted by molar-refractivity contribution is 0.0731. The van der Waals surface area contributed by atoms with Gasteiger partial charge in [-0.1, -0.05) is 24.3 Å². The van der Waals surface area contributed by atoms with E-state index in [0.29, 0.717) is 5.75 Å². The average molecular weight is 244 g/mol. The van der Waals surface area contributed by atoms with Crippen molar-refractivity contribution in [3.05, 3.63) is 54.1 Å². The molecule has 4 heteroatoms. The number of para-hydroxylation sites is 2. The zero-order chi connectivity index (χ0) is 13.0. The Balaban J connectivity index is 2.24. The van der Waals surface area contributed by atoms with Crippen molar-refractivity contribution in [2.45, 2.75) is 0 Å². The summed E-state index contributed by atoms with van der Waals surface area (Å²) in [7, 11) is 1.42. The van der Waals surface area contributed by atoms with E-state index in [-0.39, 0.29) is 17.1 Å². The van der Waals surface area contributed by atoms with Crippen LogP contribution >= 0.6 is 0 Å². The Morgan fingerprint density at radius 2 is 1.78 bits per heavy atom. The Labute approximate surface area is 104 Å². The zero-order valence-electron chi connectivity index (χ0n) is 9.79. The lowest BCUT2D eigenvalue weighted by Gasteiger charge is -2.08. The van der Waals surface area contributed by atoms with Crippen LogP contribution in [0, 0.1) is 0 Å². The van der Waals surface area contributed by atoms with E-state index in [1.165, 1.54) is 13.2 Å². The molecule has 0 saturated heterocycles. The topological polar surface area (TPSA) is 55.8 Å². The van der Waals surface area contributed by atoms with Crippen LogP contribution in [0.2, 0.25) is 0 Å². The van der Waals surface area contributed by atoms with Gasteiger partial charge in [-0.15, -0.1) is 0 Å². The molecular formula is C14H12O4. The van der Waals surface area contributed by atoms with Gasteiger partial charge in [0.2, 0.25) is 0 Å². The van der Waals surface area contributed by atoms with Crippen LogP contribution in [-0.4, -0.2) is 18.2 Å². The largest absolute Gasteiger partial charge is 0.504 e. The molecule has 0 saturated carbocycles. The summed E-state index contributed by atoms with van der Waals surface area (Å²) in [6.45, 7) is 0. The Morgan fingerprint density at radius 3 is 2.44 bits per heavy atom. The normalized spacial score (nSPS) is 9.83. The number of carbonyl (C=O) groups excluding carboxylic acids is 1. The maximum Gasteiger partial charge on any atom is 0.347 e. The molecule has 0 amide bonds. The summed E-state index contributed by atoms with van der Waals surface area (Å²) in [4.78, 5) is 11.9. The smallest absolute Gasteiger partial charge is 0.347 e. The van der Waals surface area contributed by atoms with E-state index in [0.717, 1.165) is 0 Å². The fraction of sp³-hybridized carbons (Fsp3) is 0.0714. The van der Waals surface area contributed by atoms with Gasteiger partial charge in [-0.3, -0.25) is 0 Å². The molecular weight excluding hydrogens is 232 g/mol. The van der Waals surface area contributed by atoms with Crippen molar-refractivity contribution in [1.29, 1.82) is 0 Å². The van der Waals surface area contributed by atoms with Gasteiger partial charge in [0, 0.05) is 0 Å². The minimum Gasteiger partial charge on any atom is -0.504 e. The molecule has 1 N–H and O–H groups in total. The first-order valence-electron chi connectivity index (χ1n) is 5.35. The Bertz CT molecular complexity index is 549. The van der Waals surface area contributed by atoms with Gasteiger partial charge in [0.15, 0.2) is 11.5 Å². The summed E-state index contributed by atoms with van der Waals surface area (Å²) in [5, 5.41) is 9.81.